The van der Waals surface area contributed by atoms with Crippen molar-refractivity contribution in [3.63, 3.8) is 0 Å². The number of rotatable bonds is 6. The Morgan fingerprint density at radius 1 is 1.17 bits per heavy atom. The van der Waals surface area contributed by atoms with E-state index in [9.17, 15) is 4.79 Å². The smallest absolute Gasteiger partial charge is 0.253 e. The summed E-state index contributed by atoms with van der Waals surface area (Å²) >= 11 is 0. The molecule has 24 heavy (non-hydrogen) atoms. The molecule has 2 aliphatic heterocycles. The number of benzene rings is 1. The zero-order valence-corrected chi connectivity index (χ0v) is 14.9. The minimum absolute atomic E-state index is 0.118. The van der Waals surface area contributed by atoms with Crippen LogP contribution < -0.4 is 4.90 Å². The normalized spacial score (nSPS) is 21.0. The third kappa shape index (κ3) is 4.50. The molecule has 0 bridgehead atoms. The zero-order valence-electron chi connectivity index (χ0n) is 14.9. The Bertz CT molecular complexity index is 517. The molecular weight excluding hydrogens is 300 g/mol. The highest BCUT2D eigenvalue weighted by Crippen LogP contribution is 2.21. The topological polar surface area (TPSA) is 32.8 Å². The summed E-state index contributed by atoms with van der Waals surface area (Å²) in [6, 6.07) is 8.14. The number of nitrogens with zero attached hydrogens (tertiary/aromatic N) is 2. The van der Waals surface area contributed by atoms with Crippen LogP contribution in [0.15, 0.2) is 24.3 Å². The van der Waals surface area contributed by atoms with Gasteiger partial charge in [-0.3, -0.25) is 4.79 Å². The van der Waals surface area contributed by atoms with Crippen LogP contribution in [0.3, 0.4) is 0 Å². The maximum absolute atomic E-state index is 12.5. The third-order valence-electron chi connectivity index (χ3n) is 5.23. The maximum atomic E-state index is 12.5. The monoisotopic (exact) mass is 330 g/mol. The van der Waals surface area contributed by atoms with Crippen LogP contribution in [-0.4, -0.2) is 50.2 Å². The van der Waals surface area contributed by atoms with Crippen molar-refractivity contribution in [1.29, 1.82) is 0 Å². The molecule has 2 heterocycles. The van der Waals surface area contributed by atoms with Crippen molar-refractivity contribution in [3.05, 3.63) is 29.8 Å². The van der Waals surface area contributed by atoms with Crippen LogP contribution in [0.4, 0.5) is 5.69 Å². The minimum atomic E-state index is 0.118. The van der Waals surface area contributed by atoms with Gasteiger partial charge in [0, 0.05) is 44.5 Å². The second-order valence-electron chi connectivity index (χ2n) is 7.10. The third-order valence-corrected chi connectivity index (χ3v) is 5.23. The lowest BCUT2D eigenvalue weighted by molar-refractivity contribution is 0.0763. The molecule has 2 saturated heterocycles. The van der Waals surface area contributed by atoms with E-state index in [1.807, 2.05) is 24.1 Å². The molecule has 1 atom stereocenters. The van der Waals surface area contributed by atoms with Crippen molar-refractivity contribution in [2.75, 3.05) is 38.2 Å². The molecule has 0 unspecified atom stereocenters. The standard InChI is InChI=1S/C20H30N2O2/c1-21(13-5-7-19-8-6-16-24-19)20(23)17-9-11-18(12-10-17)22-14-3-2-4-15-22/h9-12,19H,2-8,13-16H2,1H3/t19-/m1/s1. The van der Waals surface area contributed by atoms with Crippen LogP contribution in [0.1, 0.15) is 55.3 Å². The first-order valence-corrected chi connectivity index (χ1v) is 9.46. The van der Waals surface area contributed by atoms with Crippen molar-refractivity contribution in [3.8, 4) is 0 Å². The fourth-order valence-corrected chi connectivity index (χ4v) is 3.72. The Morgan fingerprint density at radius 3 is 2.58 bits per heavy atom. The Labute approximate surface area is 145 Å². The average molecular weight is 330 g/mol. The van der Waals surface area contributed by atoms with E-state index in [-0.39, 0.29) is 5.91 Å². The van der Waals surface area contributed by atoms with Gasteiger partial charge in [-0.25, -0.2) is 0 Å². The van der Waals surface area contributed by atoms with Gasteiger partial charge in [0.25, 0.3) is 5.91 Å². The Hall–Kier alpha value is -1.55. The molecule has 3 rings (SSSR count). The van der Waals surface area contributed by atoms with Crippen LogP contribution in [0.5, 0.6) is 0 Å². The summed E-state index contributed by atoms with van der Waals surface area (Å²) in [4.78, 5) is 16.8. The lowest BCUT2D eigenvalue weighted by atomic mass is 10.1. The molecule has 0 N–H and O–H groups in total. The molecule has 4 nitrogen and oxygen atoms in total. The van der Waals surface area contributed by atoms with Crippen LogP contribution in [0.2, 0.25) is 0 Å². The van der Waals surface area contributed by atoms with Gasteiger partial charge in [0.1, 0.15) is 0 Å². The molecule has 132 valence electrons. The number of ether oxygens (including phenoxy) is 1. The highest BCUT2D eigenvalue weighted by Gasteiger charge is 2.17. The van der Waals surface area contributed by atoms with Crippen molar-refractivity contribution < 1.29 is 9.53 Å². The minimum Gasteiger partial charge on any atom is -0.378 e. The lowest BCUT2D eigenvalue weighted by Crippen LogP contribution is -2.30. The first-order valence-electron chi connectivity index (χ1n) is 9.46. The Balaban J connectivity index is 1.48. The summed E-state index contributed by atoms with van der Waals surface area (Å²) in [5.41, 5.74) is 2.03. The van der Waals surface area contributed by atoms with Crippen molar-refractivity contribution in [2.24, 2.45) is 0 Å². The van der Waals surface area contributed by atoms with Gasteiger partial charge in [-0.1, -0.05) is 0 Å². The van der Waals surface area contributed by atoms with Gasteiger partial charge in [0.15, 0.2) is 0 Å². The maximum Gasteiger partial charge on any atom is 0.253 e. The molecule has 1 aromatic rings. The number of piperidine rings is 1. The van der Waals surface area contributed by atoms with Gasteiger partial charge < -0.3 is 14.5 Å². The number of anilines is 1. The highest BCUT2D eigenvalue weighted by atomic mass is 16.5. The number of carbonyl (C=O) groups is 1. The second kappa shape index (κ2) is 8.52. The number of hydrogen-bond donors (Lipinski definition) is 0. The second-order valence-corrected chi connectivity index (χ2v) is 7.10. The summed E-state index contributed by atoms with van der Waals surface area (Å²) in [6.07, 6.45) is 8.73. The van der Waals surface area contributed by atoms with Gasteiger partial charge >= 0.3 is 0 Å². The Kier molecular flexibility index (Phi) is 6.13. The van der Waals surface area contributed by atoms with Crippen LogP contribution in [0, 0.1) is 0 Å². The molecule has 1 amide bonds. The highest BCUT2D eigenvalue weighted by molar-refractivity contribution is 5.94. The Morgan fingerprint density at radius 2 is 1.92 bits per heavy atom. The van der Waals surface area contributed by atoms with Crippen molar-refractivity contribution >= 4 is 11.6 Å². The van der Waals surface area contributed by atoms with E-state index in [1.165, 1.54) is 37.8 Å². The SMILES string of the molecule is CN(CCC[C@@H]1CCCO1)C(=O)c1ccc(N2CCCCC2)cc1. The van der Waals surface area contributed by atoms with Crippen molar-refractivity contribution in [2.45, 2.75) is 51.0 Å². The zero-order chi connectivity index (χ0) is 16.8. The van der Waals surface area contributed by atoms with Crippen LogP contribution >= 0.6 is 0 Å². The summed E-state index contributed by atoms with van der Waals surface area (Å²) in [6.45, 7) is 3.97. The van der Waals surface area contributed by atoms with E-state index in [1.54, 1.807) is 0 Å². The first kappa shape index (κ1) is 17.3. The lowest BCUT2D eigenvalue weighted by Gasteiger charge is -2.29. The molecule has 0 spiro atoms. The fourth-order valence-electron chi connectivity index (χ4n) is 3.72. The summed E-state index contributed by atoms with van der Waals surface area (Å²) in [5.74, 6) is 0.118. The van der Waals surface area contributed by atoms with Gasteiger partial charge in [0.05, 0.1) is 6.10 Å². The summed E-state index contributed by atoms with van der Waals surface area (Å²) in [7, 11) is 1.90. The van der Waals surface area contributed by atoms with Gasteiger partial charge in [-0.2, -0.15) is 0 Å². The molecule has 4 heteroatoms. The number of carbonyl (C=O) groups excluding carboxylic acids is 1. The average Bonchev–Trinajstić information content (AvgIpc) is 3.15. The summed E-state index contributed by atoms with van der Waals surface area (Å²) < 4.78 is 5.64. The van der Waals surface area contributed by atoms with E-state index in [4.69, 9.17) is 4.74 Å². The van der Waals surface area contributed by atoms with E-state index in [2.05, 4.69) is 17.0 Å². The largest absolute Gasteiger partial charge is 0.378 e. The van der Waals surface area contributed by atoms with Crippen LogP contribution in [0.25, 0.3) is 0 Å². The van der Waals surface area contributed by atoms with Crippen LogP contribution in [-0.2, 0) is 4.74 Å². The molecule has 2 aliphatic rings. The predicted octanol–water partition coefficient (Wildman–Crippen LogP) is 3.71. The van der Waals surface area contributed by atoms with Gasteiger partial charge in [-0.05, 0) is 69.2 Å². The van der Waals surface area contributed by atoms with Gasteiger partial charge in [0.2, 0.25) is 0 Å². The molecule has 0 saturated carbocycles. The molecule has 0 aliphatic carbocycles. The van der Waals surface area contributed by atoms with Crippen molar-refractivity contribution in [1.82, 2.24) is 4.90 Å². The van der Waals surface area contributed by atoms with E-state index >= 15 is 0 Å². The molecular formula is C20H30N2O2. The molecule has 0 aromatic heterocycles. The van der Waals surface area contributed by atoms with E-state index < -0.39 is 0 Å². The number of hydrogen-bond acceptors (Lipinski definition) is 3. The molecule has 0 radical (unpaired) electrons. The molecule has 1 aromatic carbocycles. The van der Waals surface area contributed by atoms with E-state index in [0.717, 1.165) is 44.6 Å². The fraction of sp³-hybridized carbons (Fsp3) is 0.650. The van der Waals surface area contributed by atoms with E-state index in [0.29, 0.717) is 6.10 Å². The van der Waals surface area contributed by atoms with Gasteiger partial charge in [-0.15, -0.1) is 0 Å². The quantitative estimate of drug-likeness (QED) is 0.797. The molecule has 2 fully saturated rings. The first-order chi connectivity index (χ1) is 11.7. The summed E-state index contributed by atoms with van der Waals surface area (Å²) in [5, 5.41) is 0. The number of amides is 1. The predicted molar refractivity (Wildman–Crippen MR) is 97.7 cm³/mol.